The molecule has 50 valence electrons. The molecule has 1 unspecified atom stereocenters. The Hall–Kier alpha value is -0.590. The maximum Gasteiger partial charge on any atom is 0.0939 e. The van der Waals surface area contributed by atoms with Gasteiger partial charge in [0.1, 0.15) is 0 Å². The molecule has 1 heterocycles. The van der Waals surface area contributed by atoms with Crippen LogP contribution in [0.3, 0.4) is 0 Å². The Labute approximate surface area is 54.3 Å². The highest BCUT2D eigenvalue weighted by Gasteiger charge is 2.32. The number of rotatable bonds is 1. The van der Waals surface area contributed by atoms with Gasteiger partial charge in [-0.25, -0.2) is 0 Å². The maximum absolute atomic E-state index is 8.75. The largest absolute Gasteiger partial charge is 0.395 e. The second kappa shape index (κ2) is 2.34. The maximum atomic E-state index is 8.75. The van der Waals surface area contributed by atoms with E-state index >= 15 is 0 Å². The summed E-state index contributed by atoms with van der Waals surface area (Å²) in [6.07, 6.45) is 0.778. The van der Waals surface area contributed by atoms with E-state index in [0.29, 0.717) is 6.54 Å². The molecule has 0 aliphatic carbocycles. The molecule has 2 N–H and O–H groups in total. The fourth-order valence-corrected chi connectivity index (χ4v) is 1.01. The third kappa shape index (κ3) is 1.04. The molecule has 1 aliphatic heterocycles. The van der Waals surface area contributed by atoms with Crippen molar-refractivity contribution >= 4 is 0 Å². The first-order chi connectivity index (χ1) is 4.33. The van der Waals surface area contributed by atoms with Gasteiger partial charge in [0.05, 0.1) is 18.1 Å². The molecule has 1 saturated heterocycles. The first-order valence-electron chi connectivity index (χ1n) is 3.06. The van der Waals surface area contributed by atoms with E-state index in [4.69, 9.17) is 10.4 Å². The van der Waals surface area contributed by atoms with Crippen LogP contribution in [-0.2, 0) is 0 Å². The summed E-state index contributed by atoms with van der Waals surface area (Å²) in [7, 11) is 0. The van der Waals surface area contributed by atoms with Gasteiger partial charge in [-0.3, -0.25) is 0 Å². The molecule has 0 amide bonds. The first-order valence-corrected chi connectivity index (χ1v) is 3.06. The molecule has 0 aromatic heterocycles. The van der Waals surface area contributed by atoms with Gasteiger partial charge in [0.15, 0.2) is 0 Å². The van der Waals surface area contributed by atoms with E-state index in [0.717, 1.165) is 13.0 Å². The van der Waals surface area contributed by atoms with Crippen LogP contribution >= 0.6 is 0 Å². The third-order valence-corrected chi connectivity index (χ3v) is 1.78. The molecule has 0 spiro atoms. The Morgan fingerprint density at radius 3 is 2.78 bits per heavy atom. The number of aliphatic hydroxyl groups is 1. The van der Waals surface area contributed by atoms with Crippen molar-refractivity contribution in [3.8, 4) is 6.07 Å². The summed E-state index contributed by atoms with van der Waals surface area (Å²) in [4.78, 5) is 0. The Kier molecular flexibility index (Phi) is 1.70. The molecule has 0 aromatic rings. The number of nitrogens with one attached hydrogen (secondary N) is 1. The van der Waals surface area contributed by atoms with E-state index in [1.54, 1.807) is 0 Å². The Bertz CT molecular complexity index is 132. The normalized spacial score (nSPS) is 34.2. The van der Waals surface area contributed by atoms with Gasteiger partial charge in [-0.15, -0.1) is 0 Å². The third-order valence-electron chi connectivity index (χ3n) is 1.78. The van der Waals surface area contributed by atoms with E-state index in [1.807, 2.05) is 0 Å². The van der Waals surface area contributed by atoms with Gasteiger partial charge < -0.3 is 10.4 Å². The fraction of sp³-hybridized carbons (Fsp3) is 0.833. The number of nitrogens with zero attached hydrogens (tertiary/aromatic N) is 1. The molecule has 0 radical (unpaired) electrons. The molecule has 0 aromatic carbocycles. The van der Waals surface area contributed by atoms with Crippen LogP contribution in [0.15, 0.2) is 0 Å². The van der Waals surface area contributed by atoms with Crippen LogP contribution in [0.25, 0.3) is 0 Å². The molecular formula is C6H10N2O. The van der Waals surface area contributed by atoms with Crippen LogP contribution in [0.4, 0.5) is 0 Å². The van der Waals surface area contributed by atoms with Crippen molar-refractivity contribution in [3.63, 3.8) is 0 Å². The smallest absolute Gasteiger partial charge is 0.0939 e. The molecule has 3 nitrogen and oxygen atoms in total. The fourth-order valence-electron chi connectivity index (χ4n) is 1.01. The molecule has 1 aliphatic rings. The lowest BCUT2D eigenvalue weighted by atomic mass is 9.91. The minimum Gasteiger partial charge on any atom is -0.395 e. The Balaban J connectivity index is 2.59. The molecule has 9 heavy (non-hydrogen) atoms. The highest BCUT2D eigenvalue weighted by Crippen LogP contribution is 2.22. The lowest BCUT2D eigenvalue weighted by Gasteiger charge is -2.13. The quantitative estimate of drug-likeness (QED) is 0.497. The van der Waals surface area contributed by atoms with Gasteiger partial charge in [-0.05, 0) is 13.0 Å². The monoisotopic (exact) mass is 126 g/mol. The summed E-state index contributed by atoms with van der Waals surface area (Å²) < 4.78 is 0. The lowest BCUT2D eigenvalue weighted by molar-refractivity contribution is 0.191. The SMILES string of the molecule is N#CC1(CO)CCNC1. The van der Waals surface area contributed by atoms with Crippen LogP contribution in [0.2, 0.25) is 0 Å². The highest BCUT2D eigenvalue weighted by molar-refractivity contribution is 5.03. The zero-order valence-electron chi connectivity index (χ0n) is 5.22. The minimum absolute atomic E-state index is 0.0174. The van der Waals surface area contributed by atoms with E-state index in [1.165, 1.54) is 0 Å². The van der Waals surface area contributed by atoms with Crippen LogP contribution in [0.5, 0.6) is 0 Å². The van der Waals surface area contributed by atoms with Crippen LogP contribution in [-0.4, -0.2) is 24.8 Å². The number of hydrogen-bond acceptors (Lipinski definition) is 3. The van der Waals surface area contributed by atoms with Gasteiger partial charge in [-0.1, -0.05) is 0 Å². The highest BCUT2D eigenvalue weighted by atomic mass is 16.3. The van der Waals surface area contributed by atoms with Crippen LogP contribution < -0.4 is 5.32 Å². The summed E-state index contributed by atoms with van der Waals surface area (Å²) in [6.45, 7) is 1.48. The van der Waals surface area contributed by atoms with E-state index in [2.05, 4.69) is 11.4 Å². The summed E-state index contributed by atoms with van der Waals surface area (Å²) in [5.41, 5.74) is -0.472. The van der Waals surface area contributed by atoms with E-state index in [-0.39, 0.29) is 6.61 Å². The number of aliphatic hydroxyl groups excluding tert-OH is 1. The molecule has 1 atom stereocenters. The van der Waals surface area contributed by atoms with Crippen molar-refractivity contribution in [1.29, 1.82) is 5.26 Å². The lowest BCUT2D eigenvalue weighted by Crippen LogP contribution is -2.25. The zero-order valence-corrected chi connectivity index (χ0v) is 5.22. The summed E-state index contributed by atoms with van der Waals surface area (Å²) >= 11 is 0. The number of hydrogen-bond donors (Lipinski definition) is 2. The number of nitriles is 1. The van der Waals surface area contributed by atoms with Crippen molar-refractivity contribution in [2.75, 3.05) is 19.7 Å². The average Bonchev–Trinajstić information content (AvgIpc) is 2.36. The van der Waals surface area contributed by atoms with Crippen molar-refractivity contribution in [3.05, 3.63) is 0 Å². The first kappa shape index (κ1) is 6.53. The predicted octanol–water partition coefficient (Wildman–Crippen LogP) is -0.518. The Morgan fingerprint density at radius 2 is 2.56 bits per heavy atom. The topological polar surface area (TPSA) is 56.0 Å². The van der Waals surface area contributed by atoms with E-state index in [9.17, 15) is 0 Å². The van der Waals surface area contributed by atoms with Crippen molar-refractivity contribution < 1.29 is 5.11 Å². The van der Waals surface area contributed by atoms with Gasteiger partial charge in [0, 0.05) is 6.54 Å². The van der Waals surface area contributed by atoms with Crippen LogP contribution in [0.1, 0.15) is 6.42 Å². The molecule has 1 fully saturated rings. The van der Waals surface area contributed by atoms with Crippen molar-refractivity contribution in [2.24, 2.45) is 5.41 Å². The minimum atomic E-state index is -0.472. The summed E-state index contributed by atoms with van der Waals surface area (Å²) in [5.74, 6) is 0. The standard InChI is InChI=1S/C6H10N2O/c7-3-6(5-9)1-2-8-4-6/h8-9H,1-2,4-5H2. The molecule has 0 bridgehead atoms. The molecule has 0 saturated carbocycles. The molecule has 1 rings (SSSR count). The predicted molar refractivity (Wildman–Crippen MR) is 32.6 cm³/mol. The molecule has 3 heteroatoms. The van der Waals surface area contributed by atoms with Gasteiger partial charge in [-0.2, -0.15) is 5.26 Å². The van der Waals surface area contributed by atoms with Gasteiger partial charge >= 0.3 is 0 Å². The van der Waals surface area contributed by atoms with Crippen molar-refractivity contribution in [2.45, 2.75) is 6.42 Å². The zero-order chi connectivity index (χ0) is 6.74. The van der Waals surface area contributed by atoms with E-state index < -0.39 is 5.41 Å². The van der Waals surface area contributed by atoms with Crippen molar-refractivity contribution in [1.82, 2.24) is 5.32 Å². The average molecular weight is 126 g/mol. The summed E-state index contributed by atoms with van der Waals surface area (Å²) in [6, 6.07) is 2.11. The molecular weight excluding hydrogens is 116 g/mol. The van der Waals surface area contributed by atoms with Gasteiger partial charge in [0.25, 0.3) is 0 Å². The second-order valence-corrected chi connectivity index (χ2v) is 2.48. The second-order valence-electron chi connectivity index (χ2n) is 2.48. The summed E-state index contributed by atoms with van der Waals surface area (Å²) in [5, 5.41) is 20.4. The van der Waals surface area contributed by atoms with Crippen LogP contribution in [0, 0.1) is 16.7 Å². The van der Waals surface area contributed by atoms with Gasteiger partial charge in [0.2, 0.25) is 0 Å². The Morgan fingerprint density at radius 1 is 1.78 bits per heavy atom.